The minimum Gasteiger partial charge on any atom is -0.302 e. The van der Waals surface area contributed by atoms with Crippen LogP contribution in [0.4, 0.5) is 10.3 Å². The Labute approximate surface area is 181 Å². The molecular formula is C20H22N4O2S3. The van der Waals surface area contributed by atoms with Gasteiger partial charge in [-0.25, -0.2) is 9.97 Å². The van der Waals surface area contributed by atoms with Crippen molar-refractivity contribution in [2.45, 2.75) is 51.4 Å². The van der Waals surface area contributed by atoms with Crippen molar-refractivity contribution in [1.29, 1.82) is 0 Å². The predicted octanol–water partition coefficient (Wildman–Crippen LogP) is 4.68. The second kappa shape index (κ2) is 9.60. The molecule has 3 aromatic heterocycles. The zero-order valence-corrected chi connectivity index (χ0v) is 18.4. The summed E-state index contributed by atoms with van der Waals surface area (Å²) < 4.78 is 0. The summed E-state index contributed by atoms with van der Waals surface area (Å²) in [4.78, 5) is 35.8. The zero-order chi connectivity index (χ0) is 20.1. The van der Waals surface area contributed by atoms with Gasteiger partial charge in [0.15, 0.2) is 10.3 Å². The highest BCUT2D eigenvalue weighted by atomic mass is 32.1. The summed E-state index contributed by atoms with van der Waals surface area (Å²) in [7, 11) is 0. The summed E-state index contributed by atoms with van der Waals surface area (Å²) in [5, 5.41) is 10.7. The largest absolute Gasteiger partial charge is 0.302 e. The molecule has 1 aliphatic rings. The first-order valence-electron chi connectivity index (χ1n) is 9.71. The van der Waals surface area contributed by atoms with Crippen LogP contribution in [0, 0.1) is 0 Å². The van der Waals surface area contributed by atoms with Crippen LogP contribution in [0.3, 0.4) is 0 Å². The fourth-order valence-electron chi connectivity index (χ4n) is 3.27. The number of hydrogen-bond donors (Lipinski definition) is 2. The Morgan fingerprint density at radius 1 is 0.931 bits per heavy atom. The Balaban J connectivity index is 1.30. The molecule has 6 nitrogen and oxygen atoms in total. The van der Waals surface area contributed by atoms with Gasteiger partial charge in [0.05, 0.1) is 24.2 Å². The van der Waals surface area contributed by atoms with Crippen molar-refractivity contribution in [3.05, 3.63) is 44.0 Å². The first kappa shape index (κ1) is 20.2. The van der Waals surface area contributed by atoms with E-state index in [1.165, 1.54) is 41.9 Å². The van der Waals surface area contributed by atoms with Crippen LogP contribution in [-0.2, 0) is 35.3 Å². The van der Waals surface area contributed by atoms with Gasteiger partial charge < -0.3 is 10.6 Å². The van der Waals surface area contributed by atoms with E-state index >= 15 is 0 Å². The summed E-state index contributed by atoms with van der Waals surface area (Å²) in [6.45, 7) is 0. The van der Waals surface area contributed by atoms with Crippen LogP contribution in [-0.4, -0.2) is 21.8 Å². The van der Waals surface area contributed by atoms with E-state index in [4.69, 9.17) is 0 Å². The van der Waals surface area contributed by atoms with Gasteiger partial charge in [0.2, 0.25) is 11.8 Å². The zero-order valence-electron chi connectivity index (χ0n) is 15.9. The highest BCUT2D eigenvalue weighted by Gasteiger charge is 2.16. The van der Waals surface area contributed by atoms with Crippen molar-refractivity contribution in [2.24, 2.45) is 0 Å². The van der Waals surface area contributed by atoms with E-state index in [1.807, 2.05) is 22.9 Å². The summed E-state index contributed by atoms with van der Waals surface area (Å²) in [5.41, 5.74) is 1.79. The fourth-order valence-corrected chi connectivity index (χ4v) is 5.76. The lowest BCUT2D eigenvalue weighted by molar-refractivity contribution is -0.116. The molecule has 3 aromatic rings. The van der Waals surface area contributed by atoms with E-state index in [9.17, 15) is 9.59 Å². The van der Waals surface area contributed by atoms with Crippen molar-refractivity contribution < 1.29 is 9.59 Å². The minimum atomic E-state index is -0.131. The third-order valence-electron chi connectivity index (χ3n) is 4.65. The Morgan fingerprint density at radius 2 is 1.72 bits per heavy atom. The molecular weight excluding hydrogens is 424 g/mol. The number of amides is 2. The van der Waals surface area contributed by atoms with Gasteiger partial charge in [-0.3, -0.25) is 9.59 Å². The number of aryl methyl sites for hydroxylation is 2. The second-order valence-electron chi connectivity index (χ2n) is 6.98. The number of thiophene rings is 1. The minimum absolute atomic E-state index is 0.0991. The number of aromatic nitrogens is 2. The molecule has 9 heteroatoms. The topological polar surface area (TPSA) is 84.0 Å². The first-order valence-corrected chi connectivity index (χ1v) is 12.3. The van der Waals surface area contributed by atoms with Crippen molar-refractivity contribution in [3.8, 4) is 0 Å². The molecule has 2 N–H and O–H groups in total. The van der Waals surface area contributed by atoms with Gasteiger partial charge in [-0.1, -0.05) is 18.9 Å². The number of fused-ring (bicyclic) bond motifs is 1. The van der Waals surface area contributed by atoms with Gasteiger partial charge in [-0.05, 0) is 37.1 Å². The highest BCUT2D eigenvalue weighted by Crippen LogP contribution is 2.28. The van der Waals surface area contributed by atoms with Crippen LogP contribution in [0.2, 0.25) is 0 Å². The molecule has 0 aromatic carbocycles. The lowest BCUT2D eigenvalue weighted by Gasteiger charge is -2.06. The van der Waals surface area contributed by atoms with Crippen molar-refractivity contribution in [3.63, 3.8) is 0 Å². The summed E-state index contributed by atoms with van der Waals surface area (Å²) in [6.07, 6.45) is 7.46. The summed E-state index contributed by atoms with van der Waals surface area (Å²) in [6, 6.07) is 3.86. The molecule has 0 spiro atoms. The quantitative estimate of drug-likeness (QED) is 0.576. The molecule has 0 unspecified atom stereocenters. The van der Waals surface area contributed by atoms with Gasteiger partial charge in [0, 0.05) is 15.1 Å². The van der Waals surface area contributed by atoms with Gasteiger partial charge in [0.25, 0.3) is 0 Å². The molecule has 29 heavy (non-hydrogen) atoms. The smallest absolute Gasteiger partial charge is 0.232 e. The maximum Gasteiger partial charge on any atom is 0.232 e. The lowest BCUT2D eigenvalue weighted by atomic mass is 10.0. The molecule has 0 bridgehead atoms. The molecule has 4 rings (SSSR count). The van der Waals surface area contributed by atoms with Gasteiger partial charge in [-0.15, -0.1) is 34.0 Å². The number of carbonyl (C=O) groups excluding carboxylic acids is 2. The van der Waals surface area contributed by atoms with E-state index < -0.39 is 0 Å². The van der Waals surface area contributed by atoms with Crippen molar-refractivity contribution in [1.82, 2.24) is 9.97 Å². The molecule has 1 aliphatic carbocycles. The van der Waals surface area contributed by atoms with Gasteiger partial charge in [-0.2, -0.15) is 0 Å². The van der Waals surface area contributed by atoms with Crippen LogP contribution >= 0.6 is 34.0 Å². The molecule has 0 saturated carbocycles. The number of anilines is 2. The van der Waals surface area contributed by atoms with E-state index in [0.29, 0.717) is 22.4 Å². The number of carbonyl (C=O) groups is 2. The van der Waals surface area contributed by atoms with Gasteiger partial charge >= 0.3 is 0 Å². The SMILES string of the molecule is O=C(Cc1cccs1)Nc1nc(CC(=O)Nc2nc3c(s2)CCCCCC3)cs1. The Kier molecular flexibility index (Phi) is 6.68. The molecule has 0 radical (unpaired) electrons. The van der Waals surface area contributed by atoms with E-state index in [2.05, 4.69) is 20.6 Å². The molecule has 152 valence electrons. The van der Waals surface area contributed by atoms with Crippen LogP contribution in [0.25, 0.3) is 0 Å². The Hall–Kier alpha value is -2.10. The molecule has 0 atom stereocenters. The van der Waals surface area contributed by atoms with Crippen molar-refractivity contribution in [2.75, 3.05) is 10.6 Å². The van der Waals surface area contributed by atoms with Crippen LogP contribution in [0.1, 0.15) is 46.8 Å². The first-order chi connectivity index (χ1) is 14.2. The average Bonchev–Trinajstić information content (AvgIpc) is 3.38. The van der Waals surface area contributed by atoms with E-state index in [-0.39, 0.29) is 18.2 Å². The summed E-state index contributed by atoms with van der Waals surface area (Å²) in [5.74, 6) is -0.230. The van der Waals surface area contributed by atoms with E-state index in [1.54, 1.807) is 22.7 Å². The number of nitrogens with one attached hydrogen (secondary N) is 2. The van der Waals surface area contributed by atoms with Crippen LogP contribution in [0.15, 0.2) is 22.9 Å². The Morgan fingerprint density at radius 3 is 2.55 bits per heavy atom. The monoisotopic (exact) mass is 446 g/mol. The molecule has 0 aliphatic heterocycles. The standard InChI is InChI=1S/C20H22N4O2S3/c25-17(24-20-22-15-7-3-1-2-4-8-16(15)29-20)10-13-12-28-19(21-13)23-18(26)11-14-6-5-9-27-14/h5-6,9,12H,1-4,7-8,10-11H2,(H,21,23,26)(H,22,24,25). The number of rotatable bonds is 6. The average molecular weight is 447 g/mol. The maximum absolute atomic E-state index is 12.4. The lowest BCUT2D eigenvalue weighted by Crippen LogP contribution is -2.15. The molecule has 0 saturated heterocycles. The number of nitrogens with zero attached hydrogens (tertiary/aromatic N) is 2. The fraction of sp³-hybridized carbons (Fsp3) is 0.400. The predicted molar refractivity (Wildman–Crippen MR) is 119 cm³/mol. The highest BCUT2D eigenvalue weighted by molar-refractivity contribution is 7.16. The number of thiazole rings is 2. The maximum atomic E-state index is 12.4. The van der Waals surface area contributed by atoms with E-state index in [0.717, 1.165) is 23.4 Å². The third-order valence-corrected chi connectivity index (χ3v) is 7.40. The Bertz CT molecular complexity index is 952. The molecule has 2 amide bonds. The van der Waals surface area contributed by atoms with Crippen molar-refractivity contribution >= 4 is 56.1 Å². The second-order valence-corrected chi connectivity index (χ2v) is 9.95. The molecule has 3 heterocycles. The third kappa shape index (κ3) is 5.71. The molecule has 0 fully saturated rings. The normalized spacial score (nSPS) is 13.9. The van der Waals surface area contributed by atoms with Crippen LogP contribution < -0.4 is 10.6 Å². The summed E-state index contributed by atoms with van der Waals surface area (Å²) >= 11 is 4.48. The van der Waals surface area contributed by atoms with Gasteiger partial charge in [0.1, 0.15) is 0 Å². The van der Waals surface area contributed by atoms with Crippen LogP contribution in [0.5, 0.6) is 0 Å². The number of hydrogen-bond acceptors (Lipinski definition) is 7.